The van der Waals surface area contributed by atoms with Crippen molar-refractivity contribution in [1.82, 2.24) is 9.88 Å². The van der Waals surface area contributed by atoms with E-state index in [-0.39, 0.29) is 11.2 Å². The van der Waals surface area contributed by atoms with Crippen LogP contribution in [0.25, 0.3) is 10.9 Å². The van der Waals surface area contributed by atoms with E-state index in [1.54, 1.807) is 6.07 Å². The van der Waals surface area contributed by atoms with Crippen LogP contribution in [0.3, 0.4) is 0 Å². The molecule has 0 atom stereocenters. The number of rotatable bonds is 5. The van der Waals surface area contributed by atoms with Crippen LogP contribution in [0.5, 0.6) is 0 Å². The number of benzene rings is 2. The Labute approximate surface area is 237 Å². The monoisotopic (exact) mass is 534 g/mol. The number of fused-ring (bicyclic) bond motifs is 6. The molecule has 6 nitrogen and oxygen atoms in total. The zero-order valence-electron chi connectivity index (χ0n) is 23.9. The average Bonchev–Trinajstić information content (AvgIpc) is 3.39. The molecule has 2 saturated heterocycles. The van der Waals surface area contributed by atoms with Gasteiger partial charge in [0, 0.05) is 65.5 Å². The maximum atomic E-state index is 14.2. The Morgan fingerprint density at radius 2 is 1.93 bits per heavy atom. The second-order valence-electron chi connectivity index (χ2n) is 11.4. The maximum Gasteiger partial charge on any atom is 0.195 e. The molecular formula is C34H38N4O2. The van der Waals surface area contributed by atoms with Crippen LogP contribution in [0.15, 0.2) is 30.3 Å². The number of H-pyrrole nitrogens is 1. The molecule has 1 aromatic heterocycles. The third kappa shape index (κ3) is 4.22. The van der Waals surface area contributed by atoms with Crippen LogP contribution in [0.1, 0.15) is 91.2 Å². The van der Waals surface area contributed by atoms with E-state index < -0.39 is 0 Å². The molecule has 3 heterocycles. The topological polar surface area (TPSA) is 72.4 Å². The smallest absolute Gasteiger partial charge is 0.195 e. The molecule has 0 amide bonds. The number of hydrogen-bond donors (Lipinski definition) is 1. The lowest BCUT2D eigenvalue weighted by Gasteiger charge is -2.43. The highest BCUT2D eigenvalue weighted by molar-refractivity contribution is 6.20. The lowest BCUT2D eigenvalue weighted by atomic mass is 9.64. The lowest BCUT2D eigenvalue weighted by Crippen LogP contribution is -2.45. The van der Waals surface area contributed by atoms with Crippen LogP contribution in [0.2, 0.25) is 0 Å². The molecule has 206 valence electrons. The molecule has 6 rings (SSSR count). The highest BCUT2D eigenvalue weighted by Crippen LogP contribution is 2.51. The van der Waals surface area contributed by atoms with E-state index in [0.717, 1.165) is 96.4 Å². The summed E-state index contributed by atoms with van der Waals surface area (Å²) < 4.78 is 5.86. The number of carbonyl (C=O) groups excluding carboxylic acids is 1. The quantitative estimate of drug-likeness (QED) is 0.422. The molecule has 6 heteroatoms. The number of aromatic nitrogens is 1. The summed E-state index contributed by atoms with van der Waals surface area (Å²) in [6.45, 7) is 11.9. The second kappa shape index (κ2) is 10.8. The minimum atomic E-state index is -0.339. The Kier molecular flexibility index (Phi) is 7.17. The van der Waals surface area contributed by atoms with Crippen molar-refractivity contribution < 1.29 is 9.53 Å². The third-order valence-corrected chi connectivity index (χ3v) is 9.37. The molecule has 2 aliphatic heterocycles. The molecule has 3 aromatic rings. The van der Waals surface area contributed by atoms with Crippen molar-refractivity contribution in [3.05, 3.63) is 63.8 Å². The van der Waals surface area contributed by atoms with Crippen molar-refractivity contribution in [1.29, 1.82) is 5.26 Å². The van der Waals surface area contributed by atoms with Gasteiger partial charge in [0.1, 0.15) is 0 Å². The Bertz CT molecular complexity index is 1550. The highest BCUT2D eigenvalue weighted by atomic mass is 16.5. The normalized spacial score (nSPS) is 18.4. The number of piperidine rings is 1. The van der Waals surface area contributed by atoms with Crippen molar-refractivity contribution in [2.45, 2.75) is 64.3 Å². The van der Waals surface area contributed by atoms with Gasteiger partial charge in [-0.3, -0.25) is 4.79 Å². The zero-order valence-corrected chi connectivity index (χ0v) is 23.9. The van der Waals surface area contributed by atoms with Gasteiger partial charge in [0.05, 0.1) is 22.9 Å². The zero-order chi connectivity index (χ0) is 27.9. The van der Waals surface area contributed by atoms with Gasteiger partial charge in [0.25, 0.3) is 0 Å². The average molecular weight is 535 g/mol. The number of nitriles is 1. The van der Waals surface area contributed by atoms with E-state index >= 15 is 0 Å². The van der Waals surface area contributed by atoms with Gasteiger partial charge in [0.2, 0.25) is 0 Å². The van der Waals surface area contributed by atoms with Crippen molar-refractivity contribution in [2.75, 3.05) is 44.3 Å². The fourth-order valence-electron chi connectivity index (χ4n) is 7.40. The first kappa shape index (κ1) is 26.6. The molecule has 40 heavy (non-hydrogen) atoms. The summed E-state index contributed by atoms with van der Waals surface area (Å²) >= 11 is 0. The van der Waals surface area contributed by atoms with Gasteiger partial charge in [0.15, 0.2) is 5.78 Å². The largest absolute Gasteiger partial charge is 0.381 e. The Hall–Kier alpha value is -3.58. The predicted molar refractivity (Wildman–Crippen MR) is 159 cm³/mol. The van der Waals surface area contributed by atoms with Crippen molar-refractivity contribution in [3.63, 3.8) is 0 Å². The summed E-state index contributed by atoms with van der Waals surface area (Å²) in [4.78, 5) is 23.0. The minimum absolute atomic E-state index is 0.0423. The third-order valence-electron chi connectivity index (χ3n) is 9.37. The molecule has 2 aromatic carbocycles. The first-order chi connectivity index (χ1) is 19.5. The highest BCUT2D eigenvalue weighted by Gasteiger charge is 2.47. The van der Waals surface area contributed by atoms with E-state index in [2.05, 4.69) is 58.7 Å². The summed E-state index contributed by atoms with van der Waals surface area (Å²) in [5.74, 6) is 6.50. The number of ketones is 1. The van der Waals surface area contributed by atoms with Crippen LogP contribution in [-0.2, 0) is 10.2 Å². The molecule has 0 bridgehead atoms. The molecule has 1 aliphatic carbocycles. The van der Waals surface area contributed by atoms with E-state index in [1.165, 1.54) is 6.42 Å². The molecule has 0 unspecified atom stereocenters. The van der Waals surface area contributed by atoms with Crippen molar-refractivity contribution >= 4 is 22.4 Å². The molecular weight excluding hydrogens is 496 g/mol. The molecule has 1 spiro atoms. The van der Waals surface area contributed by atoms with Gasteiger partial charge in [-0.2, -0.15) is 5.26 Å². The van der Waals surface area contributed by atoms with E-state index in [4.69, 9.17) is 4.74 Å². The van der Waals surface area contributed by atoms with Gasteiger partial charge in [-0.1, -0.05) is 25.8 Å². The number of anilines is 1. The Morgan fingerprint density at radius 1 is 1.15 bits per heavy atom. The lowest BCUT2D eigenvalue weighted by molar-refractivity contribution is 0.0602. The summed E-state index contributed by atoms with van der Waals surface area (Å²) in [6, 6.07) is 12.8. The number of ether oxygens (including phenoxy) is 1. The predicted octanol–water partition coefficient (Wildman–Crippen LogP) is 5.75. The molecule has 3 aliphatic rings. The molecule has 0 radical (unpaired) electrons. The van der Waals surface area contributed by atoms with Gasteiger partial charge < -0.3 is 19.5 Å². The van der Waals surface area contributed by atoms with Gasteiger partial charge in [-0.25, -0.2) is 0 Å². The minimum Gasteiger partial charge on any atom is -0.381 e. The standard InChI is InChI=1S/C34H38N4O2/c1-4-7-24-20-27-28(21-30(24)38-15-10-25(11-16-38)37(6-3)14-5-2)34(12-17-40-18-13-34)33-31(32(27)39)26-9-8-23(22-35)19-29(26)36-33/h8-9,19-21,25,36H,5-6,10-18H2,1-3H3. The molecule has 0 saturated carbocycles. The summed E-state index contributed by atoms with van der Waals surface area (Å²) in [6.07, 6.45) is 5.06. The van der Waals surface area contributed by atoms with Crippen molar-refractivity contribution in [2.24, 2.45) is 0 Å². The van der Waals surface area contributed by atoms with Crippen LogP contribution in [0, 0.1) is 23.2 Å². The number of nitrogens with zero attached hydrogens (tertiary/aromatic N) is 3. The number of aromatic amines is 1. The second-order valence-corrected chi connectivity index (χ2v) is 11.4. The number of carbonyl (C=O) groups is 1. The van der Waals surface area contributed by atoms with Crippen LogP contribution < -0.4 is 4.90 Å². The van der Waals surface area contributed by atoms with Crippen molar-refractivity contribution in [3.8, 4) is 17.9 Å². The first-order valence-corrected chi connectivity index (χ1v) is 14.8. The number of nitrogens with one attached hydrogen (secondary N) is 1. The summed E-state index contributed by atoms with van der Waals surface area (Å²) in [5, 5.41) is 10.4. The van der Waals surface area contributed by atoms with Crippen LogP contribution in [-0.4, -0.2) is 61.1 Å². The van der Waals surface area contributed by atoms with Gasteiger partial charge >= 0.3 is 0 Å². The van der Waals surface area contributed by atoms with E-state index in [1.807, 2.05) is 19.1 Å². The Morgan fingerprint density at radius 3 is 2.60 bits per heavy atom. The first-order valence-electron chi connectivity index (χ1n) is 14.8. The number of hydrogen-bond acceptors (Lipinski definition) is 5. The fraction of sp³-hybridized carbons (Fsp3) is 0.471. The van der Waals surface area contributed by atoms with E-state index in [9.17, 15) is 10.1 Å². The fourth-order valence-corrected chi connectivity index (χ4v) is 7.40. The van der Waals surface area contributed by atoms with E-state index in [0.29, 0.717) is 24.8 Å². The van der Waals surface area contributed by atoms with Crippen LogP contribution >= 0.6 is 0 Å². The summed E-state index contributed by atoms with van der Waals surface area (Å²) in [7, 11) is 0. The SMILES string of the molecule is CC#Cc1cc2c(cc1N1CCC(N(CC)CCC)CC1)C1(CCOCC1)c1[nH]c3cc(C#N)ccc3c1C2=O. The Balaban J connectivity index is 1.47. The molecule has 1 N–H and O–H groups in total. The van der Waals surface area contributed by atoms with Gasteiger partial charge in [-0.05, 0) is 81.9 Å². The van der Waals surface area contributed by atoms with Gasteiger partial charge in [-0.15, -0.1) is 5.92 Å². The summed E-state index contributed by atoms with van der Waals surface area (Å²) in [5.41, 5.74) is 6.76. The maximum absolute atomic E-state index is 14.2. The van der Waals surface area contributed by atoms with Crippen LogP contribution in [0.4, 0.5) is 5.69 Å². The molecule has 2 fully saturated rings.